The van der Waals surface area contributed by atoms with Crippen LogP contribution in [0.15, 0.2) is 41.4 Å². The number of anilines is 1. The van der Waals surface area contributed by atoms with Crippen molar-refractivity contribution in [1.29, 1.82) is 0 Å². The van der Waals surface area contributed by atoms with Crippen LogP contribution in [-0.4, -0.2) is 24.3 Å². The van der Waals surface area contributed by atoms with Gasteiger partial charge in [-0.3, -0.25) is 4.99 Å². The van der Waals surface area contributed by atoms with Crippen molar-refractivity contribution < 1.29 is 13.2 Å². The lowest BCUT2D eigenvalue weighted by Crippen LogP contribution is -2.28. The van der Waals surface area contributed by atoms with Crippen molar-refractivity contribution in [3.05, 3.63) is 42.0 Å². The third-order valence-electron chi connectivity index (χ3n) is 4.01. The molecular formula is C17H16F3N3. The number of benzene rings is 1. The molecule has 0 bridgehead atoms. The summed E-state index contributed by atoms with van der Waals surface area (Å²) in [5, 5.41) is 0. The van der Waals surface area contributed by atoms with Crippen LogP contribution in [0.5, 0.6) is 0 Å². The lowest BCUT2D eigenvalue weighted by atomic mass is 10.1. The Kier molecular flexibility index (Phi) is 3.83. The summed E-state index contributed by atoms with van der Waals surface area (Å²) in [5.74, 6) is 0.682. The minimum atomic E-state index is -4.36. The molecule has 0 spiro atoms. The van der Waals surface area contributed by atoms with Gasteiger partial charge in [-0.25, -0.2) is 4.98 Å². The number of fused-ring (bicyclic) bond motifs is 1. The fourth-order valence-electron chi connectivity index (χ4n) is 2.49. The van der Waals surface area contributed by atoms with Crippen LogP contribution >= 0.6 is 0 Å². The first-order chi connectivity index (χ1) is 10.9. The van der Waals surface area contributed by atoms with Crippen LogP contribution in [-0.2, 0) is 6.18 Å². The maximum Gasteiger partial charge on any atom is 0.416 e. The van der Waals surface area contributed by atoms with Gasteiger partial charge in [-0.1, -0.05) is 12.1 Å². The predicted octanol–water partition coefficient (Wildman–Crippen LogP) is 4.70. The Morgan fingerprint density at radius 1 is 1.17 bits per heavy atom. The molecule has 1 aliphatic rings. The van der Waals surface area contributed by atoms with Crippen LogP contribution < -0.4 is 4.90 Å². The van der Waals surface area contributed by atoms with Crippen molar-refractivity contribution in [1.82, 2.24) is 4.98 Å². The Bertz CT molecular complexity index is 753. The topological polar surface area (TPSA) is 28.5 Å². The fourth-order valence-corrected chi connectivity index (χ4v) is 2.49. The highest BCUT2D eigenvalue weighted by Crippen LogP contribution is 2.35. The van der Waals surface area contributed by atoms with Gasteiger partial charge in [0.1, 0.15) is 5.69 Å². The van der Waals surface area contributed by atoms with Crippen molar-refractivity contribution in [3.8, 4) is 11.3 Å². The van der Waals surface area contributed by atoms with Crippen LogP contribution in [0.25, 0.3) is 11.3 Å². The number of rotatable bonds is 1. The summed E-state index contributed by atoms with van der Waals surface area (Å²) in [6, 6.07) is 8.94. The van der Waals surface area contributed by atoms with Crippen LogP contribution in [0.3, 0.4) is 0 Å². The van der Waals surface area contributed by atoms with Crippen molar-refractivity contribution in [2.45, 2.75) is 25.6 Å². The highest BCUT2D eigenvalue weighted by Gasteiger charge is 2.30. The van der Waals surface area contributed by atoms with Gasteiger partial charge >= 0.3 is 6.18 Å². The van der Waals surface area contributed by atoms with Crippen LogP contribution in [0.1, 0.15) is 18.9 Å². The van der Waals surface area contributed by atoms with Crippen molar-refractivity contribution in [3.63, 3.8) is 0 Å². The van der Waals surface area contributed by atoms with Gasteiger partial charge < -0.3 is 4.90 Å². The summed E-state index contributed by atoms with van der Waals surface area (Å²) in [4.78, 5) is 10.9. The summed E-state index contributed by atoms with van der Waals surface area (Å²) in [6.45, 7) is 2.06. The van der Waals surface area contributed by atoms with Crippen molar-refractivity contribution in [2.24, 2.45) is 4.99 Å². The highest BCUT2D eigenvalue weighted by atomic mass is 19.4. The number of halogens is 3. The number of aliphatic imine (C=N–C) groups is 1. The van der Waals surface area contributed by atoms with E-state index in [2.05, 4.69) is 16.9 Å². The minimum Gasteiger partial charge on any atom is -0.355 e. The first-order valence-electron chi connectivity index (χ1n) is 7.30. The zero-order valence-electron chi connectivity index (χ0n) is 12.8. The highest BCUT2D eigenvalue weighted by molar-refractivity contribution is 5.76. The third-order valence-corrected chi connectivity index (χ3v) is 4.01. The van der Waals surface area contributed by atoms with Crippen LogP contribution in [0.2, 0.25) is 0 Å². The molecule has 2 heterocycles. The Labute approximate surface area is 132 Å². The molecule has 1 atom stereocenters. The van der Waals surface area contributed by atoms with E-state index in [4.69, 9.17) is 0 Å². The zero-order valence-corrected chi connectivity index (χ0v) is 12.8. The van der Waals surface area contributed by atoms with E-state index < -0.39 is 11.7 Å². The molecule has 1 aromatic heterocycles. The van der Waals surface area contributed by atoms with Gasteiger partial charge in [0.2, 0.25) is 0 Å². The van der Waals surface area contributed by atoms with Gasteiger partial charge in [0.25, 0.3) is 0 Å². The molecule has 3 rings (SSSR count). The van der Waals surface area contributed by atoms with Crippen molar-refractivity contribution in [2.75, 3.05) is 11.9 Å². The SMILES string of the molecule is CC1CC=Nc2ccc(-c3cccc(C(F)(F)F)c3)nc2N1C. The lowest BCUT2D eigenvalue weighted by molar-refractivity contribution is -0.137. The first-order valence-corrected chi connectivity index (χ1v) is 7.30. The van der Waals surface area contributed by atoms with E-state index >= 15 is 0 Å². The second-order valence-electron chi connectivity index (χ2n) is 5.63. The largest absolute Gasteiger partial charge is 0.416 e. The normalized spacial score (nSPS) is 17.8. The van der Waals surface area contributed by atoms with E-state index in [0.29, 0.717) is 17.1 Å². The molecule has 1 aliphatic heterocycles. The lowest BCUT2D eigenvalue weighted by Gasteiger charge is -2.24. The molecule has 1 unspecified atom stereocenters. The number of hydrogen-bond donors (Lipinski definition) is 0. The Balaban J connectivity index is 2.06. The Morgan fingerprint density at radius 2 is 1.96 bits per heavy atom. The number of nitrogens with zero attached hydrogens (tertiary/aromatic N) is 3. The molecule has 0 saturated heterocycles. The smallest absolute Gasteiger partial charge is 0.355 e. The minimum absolute atomic E-state index is 0.226. The molecule has 23 heavy (non-hydrogen) atoms. The second kappa shape index (κ2) is 5.68. The van der Waals surface area contributed by atoms with E-state index in [1.807, 2.05) is 18.2 Å². The summed E-state index contributed by atoms with van der Waals surface area (Å²) < 4.78 is 38.6. The molecule has 0 N–H and O–H groups in total. The first kappa shape index (κ1) is 15.5. The van der Waals surface area contributed by atoms with Crippen molar-refractivity contribution >= 4 is 17.7 Å². The molecule has 3 nitrogen and oxygen atoms in total. The number of pyridine rings is 1. The molecule has 1 aromatic carbocycles. The summed E-state index contributed by atoms with van der Waals surface area (Å²) >= 11 is 0. The summed E-state index contributed by atoms with van der Waals surface area (Å²) in [7, 11) is 1.92. The average molecular weight is 319 g/mol. The molecule has 0 amide bonds. The summed E-state index contributed by atoms with van der Waals surface area (Å²) in [5.41, 5.74) is 1.00. The van der Waals surface area contributed by atoms with Gasteiger partial charge in [-0.2, -0.15) is 13.2 Å². The molecule has 0 fully saturated rings. The van der Waals surface area contributed by atoms with E-state index in [1.54, 1.807) is 18.2 Å². The molecular weight excluding hydrogens is 303 g/mol. The summed E-state index contributed by atoms with van der Waals surface area (Å²) in [6.07, 6.45) is -1.72. The molecule has 0 radical (unpaired) electrons. The zero-order chi connectivity index (χ0) is 16.6. The van der Waals surface area contributed by atoms with Gasteiger partial charge in [0.15, 0.2) is 5.82 Å². The molecule has 6 heteroatoms. The maximum absolute atomic E-state index is 12.9. The molecule has 0 aliphatic carbocycles. The van der Waals surface area contributed by atoms with Crippen LogP contribution in [0, 0.1) is 0 Å². The van der Waals surface area contributed by atoms with E-state index in [1.165, 1.54) is 6.07 Å². The Hall–Kier alpha value is -2.37. The molecule has 0 saturated carbocycles. The number of aromatic nitrogens is 1. The molecule has 2 aromatic rings. The quantitative estimate of drug-likeness (QED) is 0.762. The number of hydrogen-bond acceptors (Lipinski definition) is 3. The van der Waals surface area contributed by atoms with Gasteiger partial charge in [-0.05, 0) is 31.2 Å². The van der Waals surface area contributed by atoms with E-state index in [0.717, 1.165) is 24.2 Å². The van der Waals surface area contributed by atoms with E-state index in [-0.39, 0.29) is 6.04 Å². The fraction of sp³-hybridized carbons (Fsp3) is 0.294. The standard InChI is InChI=1S/C17H16F3N3/c1-11-8-9-21-15-7-6-14(22-16(15)23(11)2)12-4-3-5-13(10-12)17(18,19)20/h3-7,9-11H,8H2,1-2H3. The van der Waals surface area contributed by atoms with Gasteiger partial charge in [0, 0.05) is 31.3 Å². The maximum atomic E-state index is 12.9. The number of alkyl halides is 3. The second-order valence-corrected chi connectivity index (χ2v) is 5.63. The van der Waals surface area contributed by atoms with Crippen LogP contribution in [0.4, 0.5) is 24.7 Å². The van der Waals surface area contributed by atoms with E-state index in [9.17, 15) is 13.2 Å². The van der Waals surface area contributed by atoms with Gasteiger partial charge in [0.05, 0.1) is 11.3 Å². The monoisotopic (exact) mass is 319 g/mol. The average Bonchev–Trinajstić information content (AvgIpc) is 2.66. The predicted molar refractivity (Wildman–Crippen MR) is 85.3 cm³/mol. The van der Waals surface area contributed by atoms with Gasteiger partial charge in [-0.15, -0.1) is 0 Å². The molecule has 120 valence electrons. The third kappa shape index (κ3) is 3.06. The Morgan fingerprint density at radius 3 is 2.70 bits per heavy atom.